The van der Waals surface area contributed by atoms with Gasteiger partial charge in [-0.2, -0.15) is 0 Å². The molecule has 334 valence electrons. The molecule has 0 aromatic heterocycles. The van der Waals surface area contributed by atoms with Crippen LogP contribution in [0.25, 0.3) is 0 Å². The van der Waals surface area contributed by atoms with Crippen LogP contribution in [0, 0.1) is 0 Å². The number of esters is 1. The van der Waals surface area contributed by atoms with Gasteiger partial charge in [0.2, 0.25) is 5.75 Å². The van der Waals surface area contributed by atoms with E-state index in [-0.39, 0.29) is 12.0 Å². The van der Waals surface area contributed by atoms with Crippen molar-refractivity contribution in [3.05, 3.63) is 89.5 Å². The molecule has 0 bridgehead atoms. The molecule has 0 fully saturated rings. The molecule has 2 aliphatic rings. The molecule has 2 aliphatic heterocycles. The van der Waals surface area contributed by atoms with Crippen LogP contribution in [0.1, 0.15) is 85.2 Å². The summed E-state index contributed by atoms with van der Waals surface area (Å²) in [5.74, 6) is 4.89. The number of fused-ring (bicyclic) bond motifs is 2. The van der Waals surface area contributed by atoms with Gasteiger partial charge >= 0.3 is 5.97 Å². The number of ether oxygens (including phenoxy) is 8. The average Bonchev–Trinajstić information content (AvgIpc) is 3.28. The van der Waals surface area contributed by atoms with Gasteiger partial charge in [-0.15, -0.1) is 0 Å². The number of quaternary nitrogens is 2. The Balaban J connectivity index is 1.09. The number of carbonyl (C=O) groups is 1. The molecule has 3 aromatic rings. The summed E-state index contributed by atoms with van der Waals surface area (Å²) in [4.78, 5) is 12.9. The molecule has 2 heterocycles. The Morgan fingerprint density at radius 3 is 1.92 bits per heavy atom. The maximum atomic E-state index is 12.9. The number of carbonyl (C=O) groups excluding carboxylic acids is 1. The Kier molecular flexibility index (Phi) is 17.7. The van der Waals surface area contributed by atoms with E-state index in [2.05, 4.69) is 43.5 Å². The van der Waals surface area contributed by atoms with Gasteiger partial charge in [-0.25, -0.2) is 0 Å². The number of hydrogen-bond acceptors (Lipinski definition) is 9. The summed E-state index contributed by atoms with van der Waals surface area (Å²) in [7, 11) is 11.7. The first-order valence-electron chi connectivity index (χ1n) is 22.0. The van der Waals surface area contributed by atoms with Crippen molar-refractivity contribution in [2.75, 3.05) is 95.6 Å². The maximum Gasteiger partial charge on any atom is 0.311 e. The van der Waals surface area contributed by atoms with Crippen molar-refractivity contribution in [2.24, 2.45) is 0 Å². The van der Waals surface area contributed by atoms with Crippen LogP contribution in [0.15, 0.2) is 61.7 Å². The molecule has 3 aromatic carbocycles. The Morgan fingerprint density at radius 1 is 0.639 bits per heavy atom. The first-order valence-corrected chi connectivity index (χ1v) is 22.0. The molecule has 11 nitrogen and oxygen atoms in total. The summed E-state index contributed by atoms with van der Waals surface area (Å²) >= 11 is 0. The van der Waals surface area contributed by atoms with E-state index in [0.717, 1.165) is 133 Å². The molecule has 61 heavy (non-hydrogen) atoms. The number of methoxy groups -OCH3 is 7. The topological polar surface area (TPSA) is 90.9 Å². The highest BCUT2D eigenvalue weighted by molar-refractivity contribution is 5.69. The van der Waals surface area contributed by atoms with Crippen LogP contribution in [0.4, 0.5) is 0 Å². The van der Waals surface area contributed by atoms with Gasteiger partial charge in [-0.05, 0) is 72.9 Å². The molecule has 2 unspecified atom stereocenters. The second-order valence-electron chi connectivity index (χ2n) is 16.6. The molecule has 0 aliphatic carbocycles. The third-order valence-electron chi connectivity index (χ3n) is 13.0. The molecule has 0 spiro atoms. The summed E-state index contributed by atoms with van der Waals surface area (Å²) in [5.41, 5.74) is 6.15. The SMILES string of the molecule is C=CC[N+]1(CCC(=O)OCCCCCCCCC[N+]2(CC=C)CCc3cc(OC)c(OC)cc3[C@H]2Cc2ccc(OC)c(OC)c2)CCc2c(cc(OC)c(OC)c2OC)C1. The first-order chi connectivity index (χ1) is 29.7. The fraction of sp³-hybridized carbons (Fsp3) is 0.540. The van der Waals surface area contributed by atoms with Gasteiger partial charge in [0.05, 0.1) is 102 Å². The molecule has 0 radical (unpaired) electrons. The monoisotopic (exact) mass is 845 g/mol. The van der Waals surface area contributed by atoms with Crippen LogP contribution in [-0.4, -0.2) is 111 Å². The second-order valence-corrected chi connectivity index (χ2v) is 16.6. The minimum atomic E-state index is -0.129. The summed E-state index contributed by atoms with van der Waals surface area (Å²) in [5, 5.41) is 0. The van der Waals surface area contributed by atoms with Crippen LogP contribution < -0.4 is 33.2 Å². The Morgan fingerprint density at radius 2 is 1.26 bits per heavy atom. The van der Waals surface area contributed by atoms with Gasteiger partial charge in [0.25, 0.3) is 0 Å². The van der Waals surface area contributed by atoms with Gasteiger partial charge in [-0.3, -0.25) is 4.79 Å². The van der Waals surface area contributed by atoms with Crippen LogP contribution in [0.2, 0.25) is 0 Å². The number of benzene rings is 3. The predicted octanol–water partition coefficient (Wildman–Crippen LogP) is 9.01. The highest BCUT2D eigenvalue weighted by atomic mass is 16.5. The van der Waals surface area contributed by atoms with Gasteiger partial charge < -0.3 is 46.9 Å². The lowest BCUT2D eigenvalue weighted by atomic mass is 9.85. The zero-order valence-corrected chi connectivity index (χ0v) is 38.1. The fourth-order valence-electron chi connectivity index (χ4n) is 9.81. The average molecular weight is 845 g/mol. The molecular formula is C50H72N2O9+2. The first kappa shape index (κ1) is 47.2. The Bertz CT molecular complexity index is 1930. The highest BCUT2D eigenvalue weighted by Crippen LogP contribution is 2.46. The van der Waals surface area contributed by atoms with Crippen molar-refractivity contribution in [1.29, 1.82) is 0 Å². The van der Waals surface area contributed by atoms with Crippen LogP contribution in [0.5, 0.6) is 40.2 Å². The number of rotatable bonds is 26. The minimum Gasteiger partial charge on any atom is -0.493 e. The largest absolute Gasteiger partial charge is 0.493 e. The lowest BCUT2D eigenvalue weighted by Crippen LogP contribution is -2.55. The van der Waals surface area contributed by atoms with Gasteiger partial charge in [0, 0.05) is 36.0 Å². The molecule has 3 atom stereocenters. The van der Waals surface area contributed by atoms with E-state index in [9.17, 15) is 4.79 Å². The van der Waals surface area contributed by atoms with Crippen LogP contribution in [-0.2, 0) is 35.3 Å². The lowest BCUT2D eigenvalue weighted by Gasteiger charge is -2.48. The molecule has 11 heteroatoms. The Labute approximate surface area is 365 Å². The molecule has 0 saturated carbocycles. The van der Waals surface area contributed by atoms with E-state index in [0.29, 0.717) is 31.1 Å². The van der Waals surface area contributed by atoms with E-state index < -0.39 is 0 Å². The molecule has 0 saturated heterocycles. The van der Waals surface area contributed by atoms with Crippen molar-refractivity contribution in [2.45, 2.75) is 83.2 Å². The molecule has 0 amide bonds. The van der Waals surface area contributed by atoms with Gasteiger partial charge in [-0.1, -0.05) is 44.9 Å². The smallest absolute Gasteiger partial charge is 0.311 e. The van der Waals surface area contributed by atoms with Crippen molar-refractivity contribution in [3.63, 3.8) is 0 Å². The number of hydrogen-bond donors (Lipinski definition) is 0. The van der Waals surface area contributed by atoms with E-state index in [1.165, 1.54) is 36.0 Å². The third kappa shape index (κ3) is 11.3. The van der Waals surface area contributed by atoms with Gasteiger partial charge in [0.15, 0.2) is 34.5 Å². The summed E-state index contributed by atoms with van der Waals surface area (Å²) in [6, 6.07) is 12.9. The quantitative estimate of drug-likeness (QED) is 0.0340. The fourth-order valence-corrected chi connectivity index (χ4v) is 9.81. The summed E-state index contributed by atoms with van der Waals surface area (Å²) < 4.78 is 47.2. The van der Waals surface area contributed by atoms with E-state index in [1.807, 2.05) is 18.2 Å². The number of nitrogens with zero attached hydrogens (tertiary/aromatic N) is 2. The van der Waals surface area contributed by atoms with Crippen molar-refractivity contribution in [3.8, 4) is 40.2 Å². The minimum absolute atomic E-state index is 0.129. The normalized spacial score (nSPS) is 19.2. The second kappa shape index (κ2) is 22.8. The zero-order valence-electron chi connectivity index (χ0n) is 38.1. The summed E-state index contributed by atoms with van der Waals surface area (Å²) in [6.07, 6.45) is 14.8. The predicted molar refractivity (Wildman–Crippen MR) is 241 cm³/mol. The van der Waals surface area contributed by atoms with E-state index in [1.54, 1.807) is 49.8 Å². The van der Waals surface area contributed by atoms with Crippen molar-refractivity contribution >= 4 is 5.97 Å². The van der Waals surface area contributed by atoms with Crippen LogP contribution in [0.3, 0.4) is 0 Å². The Hall–Kier alpha value is -4.87. The highest BCUT2D eigenvalue weighted by Gasteiger charge is 2.42. The number of unbranched alkanes of at least 4 members (excludes halogenated alkanes) is 6. The van der Waals surface area contributed by atoms with Crippen molar-refractivity contribution < 1.29 is 51.7 Å². The van der Waals surface area contributed by atoms with Gasteiger partial charge in [0.1, 0.15) is 12.6 Å². The molecular weight excluding hydrogens is 773 g/mol. The zero-order chi connectivity index (χ0) is 43.8. The maximum absolute atomic E-state index is 12.9. The molecule has 5 rings (SSSR count). The standard InChI is InChI=1S/C50H72N2O9/c1-10-24-51(27-22-40-39(36-51)34-47(58-7)50(60-9)49(40)59-8)28-23-48(53)61-30-18-16-14-12-13-15-17-26-52(25-11-2)29-21-38-33-45(56-5)46(57-6)35-41(38)42(52)31-37-19-20-43(54-3)44(32-37)55-4/h10-11,19-20,32-35,42H,1-2,12-18,21-31,36H2,3-9H3/q+2/t42-,51?,52?/m1/s1. The van der Waals surface area contributed by atoms with E-state index >= 15 is 0 Å². The van der Waals surface area contributed by atoms with Crippen LogP contribution >= 0.6 is 0 Å². The van der Waals surface area contributed by atoms with Crippen molar-refractivity contribution in [1.82, 2.24) is 0 Å². The summed E-state index contributed by atoms with van der Waals surface area (Å²) in [6.45, 7) is 14.9. The molecule has 0 N–H and O–H groups in total. The lowest BCUT2D eigenvalue weighted by molar-refractivity contribution is -0.954. The van der Waals surface area contributed by atoms with E-state index in [4.69, 9.17) is 37.9 Å². The third-order valence-corrected chi connectivity index (χ3v) is 13.0.